The predicted octanol–water partition coefficient (Wildman–Crippen LogP) is 5.60. The van der Waals surface area contributed by atoms with Crippen LogP contribution in [0.25, 0.3) is 10.9 Å². The molecule has 0 unspecified atom stereocenters. The van der Waals surface area contributed by atoms with Crippen molar-refractivity contribution < 1.29 is 37.0 Å². The van der Waals surface area contributed by atoms with Crippen LogP contribution >= 0.6 is 0 Å². The highest BCUT2D eigenvalue weighted by atomic mass is 19.1. The molecule has 3 rings (SSSR count). The van der Waals surface area contributed by atoms with E-state index in [0.717, 1.165) is 22.8 Å². The lowest BCUT2D eigenvalue weighted by Gasteiger charge is -2.21. The average molecular weight is 449 g/mol. The topological polar surface area (TPSA) is 66.8 Å². The van der Waals surface area contributed by atoms with Gasteiger partial charge in [-0.25, -0.2) is 27.3 Å². The number of benzene rings is 2. The van der Waals surface area contributed by atoms with E-state index in [1.54, 1.807) is 27.7 Å². The monoisotopic (exact) mass is 449 g/mol. The predicted molar refractivity (Wildman–Crippen MR) is 110 cm³/mol. The fraction of sp³-hybridized carbons (Fsp3) is 0.304. The Morgan fingerprint density at radius 3 is 2.34 bits per heavy atom. The second-order valence-electron chi connectivity index (χ2n) is 7.93. The number of hydrogen-bond acceptors (Lipinski definition) is 5. The van der Waals surface area contributed by atoms with Gasteiger partial charge in [-0.3, -0.25) is 0 Å². The van der Waals surface area contributed by atoms with Crippen molar-refractivity contribution in [2.75, 3.05) is 6.61 Å². The third-order valence-electron chi connectivity index (χ3n) is 4.28. The molecule has 0 bridgehead atoms. The van der Waals surface area contributed by atoms with Crippen molar-refractivity contribution in [3.8, 4) is 5.75 Å². The summed E-state index contributed by atoms with van der Waals surface area (Å²) in [6, 6.07) is 6.35. The molecule has 0 atom stereocenters. The Balaban J connectivity index is 2.13. The third-order valence-corrected chi connectivity index (χ3v) is 4.28. The summed E-state index contributed by atoms with van der Waals surface area (Å²) in [5, 5.41) is 0.175. The van der Waals surface area contributed by atoms with Crippen molar-refractivity contribution in [1.82, 2.24) is 4.57 Å². The molecule has 32 heavy (non-hydrogen) atoms. The van der Waals surface area contributed by atoms with Gasteiger partial charge in [0, 0.05) is 23.1 Å². The number of carbonyl (C=O) groups excluding carboxylic acids is 2. The maximum absolute atomic E-state index is 14.3. The standard InChI is InChI=1S/C23H22F3NO5/c1-5-30-21(28)18-9-14-8-16(25)11-19(20(14)27(18)22(29)32-23(2,3)4)31-12-13-6-7-15(24)10-17(13)26/h6-11H,5,12H2,1-4H3. The van der Waals surface area contributed by atoms with Crippen molar-refractivity contribution >= 4 is 23.0 Å². The first-order valence-corrected chi connectivity index (χ1v) is 9.82. The fourth-order valence-electron chi connectivity index (χ4n) is 3.03. The first-order chi connectivity index (χ1) is 15.0. The second-order valence-corrected chi connectivity index (χ2v) is 7.93. The van der Waals surface area contributed by atoms with Gasteiger partial charge in [0.2, 0.25) is 0 Å². The Labute approximate surface area is 182 Å². The zero-order valence-electron chi connectivity index (χ0n) is 18.0. The number of halogens is 3. The van der Waals surface area contributed by atoms with Gasteiger partial charge in [0.25, 0.3) is 0 Å². The minimum atomic E-state index is -0.903. The van der Waals surface area contributed by atoms with E-state index in [0.29, 0.717) is 6.07 Å². The van der Waals surface area contributed by atoms with Crippen LogP contribution in [-0.2, 0) is 16.1 Å². The summed E-state index contributed by atoms with van der Waals surface area (Å²) in [6.07, 6.45) is -0.903. The summed E-state index contributed by atoms with van der Waals surface area (Å²) in [7, 11) is 0. The van der Waals surface area contributed by atoms with Crippen LogP contribution in [0.3, 0.4) is 0 Å². The molecule has 1 aromatic heterocycles. The van der Waals surface area contributed by atoms with Gasteiger partial charge in [-0.1, -0.05) is 0 Å². The molecule has 6 nitrogen and oxygen atoms in total. The van der Waals surface area contributed by atoms with Crippen LogP contribution in [0.5, 0.6) is 5.75 Å². The smallest absolute Gasteiger partial charge is 0.419 e. The molecule has 9 heteroatoms. The fourth-order valence-corrected chi connectivity index (χ4v) is 3.03. The molecule has 0 aliphatic rings. The van der Waals surface area contributed by atoms with Crippen LogP contribution in [0, 0.1) is 17.5 Å². The molecule has 0 aliphatic heterocycles. The molecule has 3 aromatic rings. The molecule has 170 valence electrons. The van der Waals surface area contributed by atoms with E-state index in [-0.39, 0.29) is 41.1 Å². The van der Waals surface area contributed by atoms with E-state index >= 15 is 0 Å². The lowest BCUT2D eigenvalue weighted by Crippen LogP contribution is -2.29. The first kappa shape index (κ1) is 23.2. The maximum atomic E-state index is 14.3. The molecule has 0 saturated carbocycles. The molecule has 0 fully saturated rings. The van der Waals surface area contributed by atoms with Crippen LogP contribution in [0.1, 0.15) is 43.7 Å². The molecule has 1 heterocycles. The zero-order valence-corrected chi connectivity index (χ0v) is 18.0. The summed E-state index contributed by atoms with van der Waals surface area (Å²) in [4.78, 5) is 25.4. The van der Waals surface area contributed by atoms with E-state index in [9.17, 15) is 22.8 Å². The van der Waals surface area contributed by atoms with Crippen LogP contribution in [0.4, 0.5) is 18.0 Å². The van der Waals surface area contributed by atoms with Crippen molar-refractivity contribution in [3.05, 3.63) is 65.1 Å². The van der Waals surface area contributed by atoms with E-state index in [1.807, 2.05) is 0 Å². The number of aromatic nitrogens is 1. The largest absolute Gasteiger partial charge is 0.486 e. The summed E-state index contributed by atoms with van der Waals surface area (Å²) in [5.41, 5.74) is -1.01. The lowest BCUT2D eigenvalue weighted by atomic mass is 10.2. The Morgan fingerprint density at radius 1 is 1.00 bits per heavy atom. The number of ether oxygens (including phenoxy) is 3. The van der Waals surface area contributed by atoms with Gasteiger partial charge >= 0.3 is 12.1 Å². The van der Waals surface area contributed by atoms with Gasteiger partial charge in [0.1, 0.15) is 46.6 Å². The summed E-state index contributed by atoms with van der Waals surface area (Å²) in [5.74, 6) is -3.25. The third kappa shape index (κ3) is 5.04. The number of hydrogen-bond donors (Lipinski definition) is 0. The van der Waals surface area contributed by atoms with Crippen molar-refractivity contribution in [3.63, 3.8) is 0 Å². The quantitative estimate of drug-likeness (QED) is 0.475. The summed E-state index contributed by atoms with van der Waals surface area (Å²) < 4.78 is 58.4. The normalized spacial score (nSPS) is 11.5. The van der Waals surface area contributed by atoms with Gasteiger partial charge in [0.15, 0.2) is 0 Å². The highest BCUT2D eigenvalue weighted by Crippen LogP contribution is 2.32. The highest BCUT2D eigenvalue weighted by Gasteiger charge is 2.28. The minimum Gasteiger partial charge on any atom is -0.486 e. The SMILES string of the molecule is CCOC(=O)c1cc2cc(F)cc(OCc3ccc(F)cc3F)c2n1C(=O)OC(C)(C)C. The van der Waals surface area contributed by atoms with E-state index in [4.69, 9.17) is 14.2 Å². The van der Waals surface area contributed by atoms with E-state index in [1.165, 1.54) is 12.1 Å². The van der Waals surface area contributed by atoms with Gasteiger partial charge < -0.3 is 14.2 Å². The molecule has 0 radical (unpaired) electrons. The lowest BCUT2D eigenvalue weighted by molar-refractivity contribution is 0.0453. The van der Waals surface area contributed by atoms with Crippen LogP contribution < -0.4 is 4.74 Å². The zero-order chi connectivity index (χ0) is 23.6. The molecular formula is C23H22F3NO5. The maximum Gasteiger partial charge on any atom is 0.419 e. The van der Waals surface area contributed by atoms with Crippen molar-refractivity contribution in [1.29, 1.82) is 0 Å². The number of nitrogens with zero attached hydrogens (tertiary/aromatic N) is 1. The molecule has 0 saturated heterocycles. The molecule has 0 N–H and O–H groups in total. The number of carbonyl (C=O) groups is 2. The van der Waals surface area contributed by atoms with E-state index < -0.39 is 35.1 Å². The Kier molecular flexibility index (Phi) is 6.47. The Bertz CT molecular complexity index is 1180. The van der Waals surface area contributed by atoms with Gasteiger partial charge in [-0.15, -0.1) is 0 Å². The summed E-state index contributed by atoms with van der Waals surface area (Å²) >= 11 is 0. The molecule has 2 aromatic carbocycles. The number of rotatable bonds is 5. The van der Waals surface area contributed by atoms with Gasteiger partial charge in [-0.05, 0) is 52.0 Å². The molecular weight excluding hydrogens is 427 g/mol. The van der Waals surface area contributed by atoms with Crippen LogP contribution in [0.15, 0.2) is 36.4 Å². The van der Waals surface area contributed by atoms with E-state index in [2.05, 4.69) is 0 Å². The van der Waals surface area contributed by atoms with Crippen LogP contribution in [0.2, 0.25) is 0 Å². The number of fused-ring (bicyclic) bond motifs is 1. The van der Waals surface area contributed by atoms with Gasteiger partial charge in [0.05, 0.1) is 6.61 Å². The Morgan fingerprint density at radius 2 is 1.72 bits per heavy atom. The highest BCUT2D eigenvalue weighted by molar-refractivity contribution is 6.03. The van der Waals surface area contributed by atoms with Crippen LogP contribution in [-0.4, -0.2) is 28.8 Å². The summed E-state index contributed by atoms with van der Waals surface area (Å²) in [6.45, 7) is 6.22. The van der Waals surface area contributed by atoms with Gasteiger partial charge in [-0.2, -0.15) is 0 Å². The van der Waals surface area contributed by atoms with Crippen molar-refractivity contribution in [2.45, 2.75) is 39.9 Å². The second kappa shape index (κ2) is 8.94. The first-order valence-electron chi connectivity index (χ1n) is 9.82. The molecule has 0 amide bonds. The minimum absolute atomic E-state index is 0.0183. The Hall–Kier alpha value is -3.49. The number of esters is 1. The molecule has 0 spiro atoms. The molecule has 0 aliphatic carbocycles. The average Bonchev–Trinajstić information content (AvgIpc) is 3.05. The van der Waals surface area contributed by atoms with Crippen molar-refractivity contribution in [2.24, 2.45) is 0 Å².